The predicted molar refractivity (Wildman–Crippen MR) is 79.1 cm³/mol. The number of nitrogens with zero attached hydrogens (tertiary/aromatic N) is 1. The number of carbonyl (C=O) groups is 1. The van der Waals surface area contributed by atoms with Crippen LogP contribution in [-0.2, 0) is 11.3 Å². The van der Waals surface area contributed by atoms with E-state index in [4.69, 9.17) is 4.74 Å². The van der Waals surface area contributed by atoms with Gasteiger partial charge in [0.15, 0.2) is 0 Å². The topological polar surface area (TPSA) is 48.3 Å². The summed E-state index contributed by atoms with van der Waals surface area (Å²) in [5, 5.41) is 0. The van der Waals surface area contributed by atoms with E-state index in [2.05, 4.69) is 0 Å². The van der Waals surface area contributed by atoms with E-state index in [1.54, 1.807) is 37.1 Å². The molecule has 0 N–H and O–H groups in total. The minimum Gasteiger partial charge on any atom is -0.462 e. The Labute approximate surface area is 118 Å². The van der Waals surface area contributed by atoms with E-state index in [1.165, 1.54) is 6.07 Å². The standard InChI is InChI=1S/C14H21NO3S/c1-5-18-14(17)13-10(2)9-12(16)15(11(13)3)7-6-8-19-4/h9H,5-8H2,1-4H3. The molecule has 19 heavy (non-hydrogen) atoms. The molecule has 0 amide bonds. The molecule has 0 atom stereocenters. The molecule has 4 nitrogen and oxygen atoms in total. The van der Waals surface area contributed by atoms with E-state index in [0.717, 1.165) is 12.2 Å². The van der Waals surface area contributed by atoms with Crippen molar-refractivity contribution in [3.05, 3.63) is 33.2 Å². The van der Waals surface area contributed by atoms with Gasteiger partial charge in [-0.1, -0.05) is 0 Å². The van der Waals surface area contributed by atoms with Crippen LogP contribution >= 0.6 is 11.8 Å². The van der Waals surface area contributed by atoms with Gasteiger partial charge in [0.1, 0.15) is 0 Å². The third-order valence-electron chi connectivity index (χ3n) is 2.98. The average Bonchev–Trinajstić information content (AvgIpc) is 2.33. The van der Waals surface area contributed by atoms with Crippen LogP contribution in [0.1, 0.15) is 35.0 Å². The van der Waals surface area contributed by atoms with Crippen molar-refractivity contribution < 1.29 is 9.53 Å². The molecule has 0 fully saturated rings. The van der Waals surface area contributed by atoms with E-state index in [-0.39, 0.29) is 11.5 Å². The van der Waals surface area contributed by atoms with Crippen molar-refractivity contribution in [1.82, 2.24) is 4.57 Å². The first-order valence-electron chi connectivity index (χ1n) is 6.40. The summed E-state index contributed by atoms with van der Waals surface area (Å²) in [6.45, 7) is 6.32. The fraction of sp³-hybridized carbons (Fsp3) is 0.571. The number of aromatic nitrogens is 1. The first-order valence-corrected chi connectivity index (χ1v) is 7.79. The Hall–Kier alpha value is -1.23. The highest BCUT2D eigenvalue weighted by Gasteiger charge is 2.17. The zero-order valence-corrected chi connectivity index (χ0v) is 12.8. The molecule has 5 heteroatoms. The van der Waals surface area contributed by atoms with Gasteiger partial charge in [-0.25, -0.2) is 4.79 Å². The third-order valence-corrected chi connectivity index (χ3v) is 3.67. The molecule has 0 aliphatic heterocycles. The Balaban J connectivity index is 3.15. The van der Waals surface area contributed by atoms with E-state index in [1.807, 2.05) is 6.26 Å². The second-order valence-corrected chi connectivity index (χ2v) is 5.33. The number of esters is 1. The van der Waals surface area contributed by atoms with Gasteiger partial charge in [0.05, 0.1) is 12.2 Å². The molecular weight excluding hydrogens is 262 g/mol. The number of ether oxygens (including phenoxy) is 1. The highest BCUT2D eigenvalue weighted by molar-refractivity contribution is 7.98. The van der Waals surface area contributed by atoms with E-state index in [0.29, 0.717) is 30.0 Å². The Bertz CT molecular complexity index is 508. The minimum atomic E-state index is -0.351. The summed E-state index contributed by atoms with van der Waals surface area (Å²) in [4.78, 5) is 23.9. The highest BCUT2D eigenvalue weighted by atomic mass is 32.2. The summed E-state index contributed by atoms with van der Waals surface area (Å²) < 4.78 is 6.71. The fourth-order valence-electron chi connectivity index (χ4n) is 2.08. The summed E-state index contributed by atoms with van der Waals surface area (Å²) in [6, 6.07) is 1.51. The van der Waals surface area contributed by atoms with Crippen LogP contribution in [0.4, 0.5) is 0 Å². The average molecular weight is 283 g/mol. The first kappa shape index (κ1) is 15.8. The number of aryl methyl sites for hydroxylation is 1. The second-order valence-electron chi connectivity index (χ2n) is 4.34. The zero-order valence-electron chi connectivity index (χ0n) is 12.0. The minimum absolute atomic E-state index is 0.0517. The molecular formula is C14H21NO3S. The van der Waals surface area contributed by atoms with E-state index >= 15 is 0 Å². The summed E-state index contributed by atoms with van der Waals surface area (Å²) in [6.07, 6.45) is 2.95. The van der Waals surface area contributed by atoms with Crippen molar-refractivity contribution >= 4 is 17.7 Å². The van der Waals surface area contributed by atoms with E-state index < -0.39 is 0 Å². The number of rotatable bonds is 6. The molecule has 1 heterocycles. The molecule has 0 radical (unpaired) electrons. The summed E-state index contributed by atoms with van der Waals surface area (Å²) in [5.74, 6) is 0.644. The fourth-order valence-corrected chi connectivity index (χ4v) is 2.50. The van der Waals surface area contributed by atoms with Crippen LogP contribution in [0.5, 0.6) is 0 Å². The quantitative estimate of drug-likeness (QED) is 0.594. The van der Waals surface area contributed by atoms with Crippen molar-refractivity contribution in [2.24, 2.45) is 0 Å². The molecule has 106 valence electrons. The lowest BCUT2D eigenvalue weighted by molar-refractivity contribution is 0.0523. The number of hydrogen-bond acceptors (Lipinski definition) is 4. The van der Waals surface area contributed by atoms with Crippen molar-refractivity contribution in [2.45, 2.75) is 33.7 Å². The van der Waals surface area contributed by atoms with Crippen molar-refractivity contribution in [3.8, 4) is 0 Å². The molecule has 0 unspecified atom stereocenters. The van der Waals surface area contributed by atoms with Crippen LogP contribution in [0.25, 0.3) is 0 Å². The molecule has 0 aliphatic carbocycles. The Kier molecular flexibility index (Phi) is 6.15. The lowest BCUT2D eigenvalue weighted by atomic mass is 10.1. The van der Waals surface area contributed by atoms with Gasteiger partial charge in [0, 0.05) is 18.3 Å². The Morgan fingerprint density at radius 2 is 2.11 bits per heavy atom. The zero-order chi connectivity index (χ0) is 14.4. The van der Waals surface area contributed by atoms with Crippen LogP contribution in [0.2, 0.25) is 0 Å². The van der Waals surface area contributed by atoms with Gasteiger partial charge >= 0.3 is 5.97 Å². The van der Waals surface area contributed by atoms with Crippen molar-refractivity contribution in [3.63, 3.8) is 0 Å². The predicted octanol–water partition coefficient (Wildman–Crippen LogP) is 2.39. The lowest BCUT2D eigenvalue weighted by Gasteiger charge is -2.15. The van der Waals surface area contributed by atoms with Gasteiger partial charge in [-0.05, 0) is 44.8 Å². The maximum Gasteiger partial charge on any atom is 0.340 e. The summed E-state index contributed by atoms with van der Waals surface area (Å²) in [5.41, 5.74) is 1.85. The van der Waals surface area contributed by atoms with Crippen LogP contribution in [0.15, 0.2) is 10.9 Å². The maximum atomic E-state index is 12.0. The smallest absolute Gasteiger partial charge is 0.340 e. The normalized spacial score (nSPS) is 10.5. The summed E-state index contributed by atoms with van der Waals surface area (Å²) >= 11 is 1.75. The molecule has 0 aliphatic rings. The number of hydrogen-bond donors (Lipinski definition) is 0. The lowest BCUT2D eigenvalue weighted by Crippen LogP contribution is -2.26. The SMILES string of the molecule is CCOC(=O)c1c(C)cc(=O)n(CCCSC)c1C. The Morgan fingerprint density at radius 3 is 2.68 bits per heavy atom. The Morgan fingerprint density at radius 1 is 1.42 bits per heavy atom. The van der Waals surface area contributed by atoms with Gasteiger partial charge in [0.2, 0.25) is 0 Å². The molecule has 1 aromatic heterocycles. The van der Waals surface area contributed by atoms with Crippen LogP contribution in [-0.4, -0.2) is 29.2 Å². The number of carbonyl (C=O) groups excluding carboxylic acids is 1. The van der Waals surface area contributed by atoms with Gasteiger partial charge in [-0.2, -0.15) is 11.8 Å². The largest absolute Gasteiger partial charge is 0.462 e. The molecule has 0 saturated heterocycles. The first-order chi connectivity index (χ1) is 9.02. The van der Waals surface area contributed by atoms with Crippen LogP contribution in [0.3, 0.4) is 0 Å². The summed E-state index contributed by atoms with van der Waals surface area (Å²) in [7, 11) is 0. The maximum absolute atomic E-state index is 12.0. The molecule has 0 aromatic carbocycles. The van der Waals surface area contributed by atoms with Gasteiger partial charge in [-0.15, -0.1) is 0 Å². The van der Waals surface area contributed by atoms with Crippen LogP contribution in [0, 0.1) is 13.8 Å². The van der Waals surface area contributed by atoms with Crippen molar-refractivity contribution in [1.29, 1.82) is 0 Å². The monoisotopic (exact) mass is 283 g/mol. The molecule has 1 aromatic rings. The molecule has 0 saturated carbocycles. The van der Waals surface area contributed by atoms with Crippen molar-refractivity contribution in [2.75, 3.05) is 18.6 Å². The molecule has 0 spiro atoms. The van der Waals surface area contributed by atoms with Crippen LogP contribution < -0.4 is 5.56 Å². The van der Waals surface area contributed by atoms with Gasteiger partial charge in [-0.3, -0.25) is 4.79 Å². The molecule has 1 rings (SSSR count). The second kappa shape index (κ2) is 7.38. The van der Waals surface area contributed by atoms with Gasteiger partial charge < -0.3 is 9.30 Å². The number of thioether (sulfide) groups is 1. The molecule has 0 bridgehead atoms. The third kappa shape index (κ3) is 3.86. The van der Waals surface area contributed by atoms with Gasteiger partial charge in [0.25, 0.3) is 5.56 Å². The van der Waals surface area contributed by atoms with E-state index in [9.17, 15) is 9.59 Å². The highest BCUT2D eigenvalue weighted by Crippen LogP contribution is 2.13. The number of pyridine rings is 1.